The van der Waals surface area contributed by atoms with Crippen LogP contribution >= 0.6 is 11.8 Å². The van der Waals surface area contributed by atoms with Gasteiger partial charge in [-0.05, 0) is 0 Å². The van der Waals surface area contributed by atoms with Gasteiger partial charge in [-0.25, -0.2) is 0 Å². The van der Waals surface area contributed by atoms with Gasteiger partial charge in [0.25, 0.3) is 0 Å². The number of fused-ring (bicyclic) bond motifs is 1. The summed E-state index contributed by atoms with van der Waals surface area (Å²) in [7, 11) is 1.72. The zero-order valence-corrected chi connectivity index (χ0v) is 10.2. The number of nitrogens with zero attached hydrogens (tertiary/aromatic N) is 1. The maximum absolute atomic E-state index is 9.95. The van der Waals surface area contributed by atoms with E-state index >= 15 is 0 Å². The molecule has 2 rings (SSSR count). The minimum Gasteiger partial charge on any atom is -0.388 e. The van der Waals surface area contributed by atoms with Crippen LogP contribution in [0, 0.1) is 0 Å². The average molecular weight is 260 g/mol. The number of hydrogen-bond donors (Lipinski definition) is 4. The molecule has 96 valence electrons. The first-order chi connectivity index (χ1) is 8.08. The third-order valence-electron chi connectivity index (χ3n) is 2.89. The molecular formula is C10H16N2O4S. The number of hydrogen-bond acceptors (Lipinski definition) is 7. The summed E-state index contributed by atoms with van der Waals surface area (Å²) < 4.78 is 5.55. The summed E-state index contributed by atoms with van der Waals surface area (Å²) >= 11 is 1.33. The van der Waals surface area contributed by atoms with E-state index in [0.29, 0.717) is 5.17 Å². The van der Waals surface area contributed by atoms with E-state index in [1.165, 1.54) is 17.8 Å². The largest absolute Gasteiger partial charge is 0.388 e. The van der Waals surface area contributed by atoms with Crippen LogP contribution in [0.5, 0.6) is 0 Å². The van der Waals surface area contributed by atoms with Crippen molar-refractivity contribution in [3.05, 3.63) is 12.7 Å². The summed E-state index contributed by atoms with van der Waals surface area (Å²) in [5.41, 5.74) is -0.393. The molecule has 4 N–H and O–H groups in total. The van der Waals surface area contributed by atoms with E-state index < -0.39 is 35.9 Å². The first kappa shape index (κ1) is 12.8. The summed E-state index contributed by atoms with van der Waals surface area (Å²) in [5, 5.41) is 33.0. The van der Waals surface area contributed by atoms with Crippen LogP contribution in [0.3, 0.4) is 0 Å². The van der Waals surface area contributed by atoms with Crippen molar-refractivity contribution in [2.45, 2.75) is 35.9 Å². The van der Waals surface area contributed by atoms with Crippen LogP contribution in [-0.4, -0.2) is 63.4 Å². The van der Waals surface area contributed by atoms with Crippen molar-refractivity contribution in [2.75, 3.05) is 7.05 Å². The fourth-order valence-corrected chi connectivity index (χ4v) is 2.99. The highest BCUT2D eigenvalue weighted by atomic mass is 32.2. The molecule has 17 heavy (non-hydrogen) atoms. The van der Waals surface area contributed by atoms with Crippen LogP contribution in [0.2, 0.25) is 0 Å². The van der Waals surface area contributed by atoms with Gasteiger partial charge >= 0.3 is 0 Å². The van der Waals surface area contributed by atoms with Crippen molar-refractivity contribution < 1.29 is 20.1 Å². The molecular weight excluding hydrogens is 244 g/mol. The third kappa shape index (κ3) is 2.21. The van der Waals surface area contributed by atoms with Crippen LogP contribution in [0.25, 0.3) is 0 Å². The Bertz CT molecular complexity index is 338. The minimum atomic E-state index is -1.18. The molecule has 7 heteroatoms. The summed E-state index contributed by atoms with van der Waals surface area (Å²) in [6.07, 6.45) is -2.83. The fraction of sp³-hybridized carbons (Fsp3) is 0.700. The summed E-state index contributed by atoms with van der Waals surface area (Å²) in [6.45, 7) is 3.44. The van der Waals surface area contributed by atoms with Gasteiger partial charge in [-0.2, -0.15) is 0 Å². The van der Waals surface area contributed by atoms with Crippen LogP contribution in [0.4, 0.5) is 0 Å². The number of nitrogens with one attached hydrogen (secondary N) is 1. The lowest BCUT2D eigenvalue weighted by atomic mass is 9.95. The zero-order valence-electron chi connectivity index (χ0n) is 9.35. The molecule has 0 aromatic carbocycles. The van der Waals surface area contributed by atoms with Crippen LogP contribution in [0.15, 0.2) is 17.6 Å². The van der Waals surface area contributed by atoms with Crippen LogP contribution in [-0.2, 0) is 4.74 Å². The maximum Gasteiger partial charge on any atom is 0.159 e. The molecule has 0 saturated carbocycles. The maximum atomic E-state index is 9.95. The van der Waals surface area contributed by atoms with Gasteiger partial charge in [-0.3, -0.25) is 4.99 Å². The normalized spacial score (nSPS) is 42.6. The number of rotatable bonds is 2. The first-order valence-corrected chi connectivity index (χ1v) is 6.21. The Labute approximate surface area is 103 Å². The van der Waals surface area contributed by atoms with Gasteiger partial charge in [-0.15, -0.1) is 6.58 Å². The Morgan fingerprint density at radius 3 is 2.82 bits per heavy atom. The third-order valence-corrected chi connectivity index (χ3v) is 4.05. The van der Waals surface area contributed by atoms with Crippen molar-refractivity contribution in [1.29, 1.82) is 0 Å². The number of aliphatic hydroxyl groups is 3. The standard InChI is InChI=1S/C10H16N2O4S/c1-3-4(13)8-7(15)6(14)5-9(16-8)17-10(11-2)12-5/h3-9,13-15H,1H2,2H3,(H,11,12)/t4-,5+,6+,7-,8+,9+/m0/s1. The number of amidine groups is 1. The van der Waals surface area contributed by atoms with Gasteiger partial charge in [0.05, 0.1) is 0 Å². The van der Waals surface area contributed by atoms with Crippen LogP contribution in [0.1, 0.15) is 0 Å². The van der Waals surface area contributed by atoms with Crippen molar-refractivity contribution in [2.24, 2.45) is 4.99 Å². The van der Waals surface area contributed by atoms with Crippen LogP contribution < -0.4 is 5.32 Å². The second-order valence-electron chi connectivity index (χ2n) is 3.97. The molecule has 0 aliphatic carbocycles. The second-order valence-corrected chi connectivity index (χ2v) is 5.06. The average Bonchev–Trinajstić information content (AvgIpc) is 2.76. The molecule has 2 heterocycles. The molecule has 6 nitrogen and oxygen atoms in total. The zero-order chi connectivity index (χ0) is 12.6. The van der Waals surface area contributed by atoms with Gasteiger partial charge < -0.3 is 25.4 Å². The molecule has 0 amide bonds. The van der Waals surface area contributed by atoms with E-state index in [2.05, 4.69) is 16.9 Å². The summed E-state index contributed by atoms with van der Waals surface area (Å²) in [6, 6.07) is -0.509. The molecule has 0 radical (unpaired) electrons. The highest BCUT2D eigenvalue weighted by Gasteiger charge is 2.49. The Hall–Kier alpha value is -0.600. The van der Waals surface area contributed by atoms with E-state index in [0.717, 1.165) is 0 Å². The molecule has 0 bridgehead atoms. The Morgan fingerprint density at radius 1 is 1.53 bits per heavy atom. The van der Waals surface area contributed by atoms with E-state index in [1.54, 1.807) is 7.05 Å². The summed E-state index contributed by atoms with van der Waals surface area (Å²) in [5.74, 6) is 0. The van der Waals surface area contributed by atoms with E-state index in [9.17, 15) is 15.3 Å². The molecule has 1 saturated heterocycles. The molecule has 0 unspecified atom stereocenters. The molecule has 2 aliphatic heterocycles. The predicted octanol–water partition coefficient (Wildman–Crippen LogP) is -1.33. The lowest BCUT2D eigenvalue weighted by molar-refractivity contribution is -0.176. The second kappa shape index (κ2) is 4.95. The Morgan fingerprint density at radius 2 is 2.24 bits per heavy atom. The Kier molecular flexibility index (Phi) is 3.74. The highest BCUT2D eigenvalue weighted by molar-refractivity contribution is 8.14. The molecule has 6 atom stereocenters. The van der Waals surface area contributed by atoms with Crippen molar-refractivity contribution in [1.82, 2.24) is 5.32 Å². The van der Waals surface area contributed by atoms with Gasteiger partial charge in [0.2, 0.25) is 0 Å². The molecule has 0 aromatic rings. The number of aliphatic imine (C=N–C) groups is 1. The van der Waals surface area contributed by atoms with Gasteiger partial charge in [0.1, 0.15) is 35.9 Å². The lowest BCUT2D eigenvalue weighted by Gasteiger charge is -2.39. The summed E-state index contributed by atoms with van der Waals surface area (Å²) in [4.78, 5) is 4.21. The quantitative estimate of drug-likeness (QED) is 0.460. The smallest absolute Gasteiger partial charge is 0.159 e. The predicted molar refractivity (Wildman–Crippen MR) is 64.8 cm³/mol. The van der Waals surface area contributed by atoms with Crippen molar-refractivity contribution >= 4 is 16.9 Å². The minimum absolute atomic E-state index is 0.393. The molecule has 0 spiro atoms. The monoisotopic (exact) mass is 260 g/mol. The topological polar surface area (TPSA) is 94.3 Å². The van der Waals surface area contributed by atoms with E-state index in [4.69, 9.17) is 4.74 Å². The lowest BCUT2D eigenvalue weighted by Crippen LogP contribution is -2.57. The first-order valence-electron chi connectivity index (χ1n) is 5.33. The van der Waals surface area contributed by atoms with Crippen molar-refractivity contribution in [3.63, 3.8) is 0 Å². The Balaban J connectivity index is 2.15. The number of thioether (sulfide) groups is 1. The number of aliphatic hydroxyl groups excluding tert-OH is 3. The van der Waals surface area contributed by atoms with E-state index in [1.807, 2.05) is 0 Å². The van der Waals surface area contributed by atoms with Crippen molar-refractivity contribution in [3.8, 4) is 0 Å². The van der Waals surface area contributed by atoms with Gasteiger partial charge in [-0.1, -0.05) is 17.8 Å². The molecule has 1 fully saturated rings. The van der Waals surface area contributed by atoms with Gasteiger partial charge in [0.15, 0.2) is 5.17 Å². The van der Waals surface area contributed by atoms with E-state index in [-0.39, 0.29) is 0 Å². The molecule has 0 aromatic heterocycles. The van der Waals surface area contributed by atoms with Gasteiger partial charge in [0, 0.05) is 7.05 Å². The SMILES string of the molecule is C=C[C@H](O)[C@H]1O[C@@H]2SC(NC)=N[C@@H]2[C@@H](O)[C@@H]1O. The fourth-order valence-electron chi connectivity index (χ4n) is 1.92. The highest BCUT2D eigenvalue weighted by Crippen LogP contribution is 2.36. The number of ether oxygens (including phenoxy) is 1. The molecule has 2 aliphatic rings.